The summed E-state index contributed by atoms with van der Waals surface area (Å²) in [6.07, 6.45) is -2.34. The minimum Gasteiger partial charge on any atom is -0.353 e. The number of rotatable bonds is 6. The molecule has 0 atom stereocenters. The number of aryl methyl sites for hydroxylation is 1. The molecule has 1 heterocycles. The SMILES string of the molecule is C=Cc1c(Nc2ccc(I)cc2C(F)(F)F)c(NS(=O)(=O)N(C)C)cn(C)c1=O. The summed E-state index contributed by atoms with van der Waals surface area (Å²) in [7, 11) is -0.0393. The van der Waals surface area contributed by atoms with Crippen molar-refractivity contribution in [3.63, 3.8) is 0 Å². The van der Waals surface area contributed by atoms with Crippen molar-refractivity contribution in [1.82, 2.24) is 8.87 Å². The summed E-state index contributed by atoms with van der Waals surface area (Å²) in [4.78, 5) is 12.4. The lowest BCUT2D eigenvalue weighted by molar-refractivity contribution is -0.137. The third-order valence-electron chi connectivity index (χ3n) is 3.88. The van der Waals surface area contributed by atoms with Crippen LogP contribution in [-0.4, -0.2) is 31.4 Å². The van der Waals surface area contributed by atoms with Crippen LogP contribution in [0.2, 0.25) is 0 Å². The maximum absolute atomic E-state index is 13.5. The van der Waals surface area contributed by atoms with E-state index in [1.807, 2.05) is 0 Å². The van der Waals surface area contributed by atoms with E-state index in [0.717, 1.165) is 21.0 Å². The molecule has 0 saturated carbocycles. The molecule has 0 aliphatic heterocycles. The molecule has 0 amide bonds. The maximum atomic E-state index is 13.5. The quantitative estimate of drug-likeness (QED) is 0.547. The molecular formula is C17H18F3IN4O3S. The van der Waals surface area contributed by atoms with Crippen LogP contribution < -0.4 is 15.6 Å². The van der Waals surface area contributed by atoms with E-state index in [9.17, 15) is 26.4 Å². The van der Waals surface area contributed by atoms with Crippen molar-refractivity contribution in [2.75, 3.05) is 24.1 Å². The van der Waals surface area contributed by atoms with Crippen molar-refractivity contribution in [2.45, 2.75) is 6.18 Å². The molecule has 0 saturated heterocycles. The molecule has 0 unspecified atom stereocenters. The van der Waals surface area contributed by atoms with Crippen LogP contribution >= 0.6 is 22.6 Å². The van der Waals surface area contributed by atoms with Crippen LogP contribution in [0.3, 0.4) is 0 Å². The van der Waals surface area contributed by atoms with Crippen LogP contribution in [-0.2, 0) is 23.4 Å². The first-order valence-electron chi connectivity index (χ1n) is 7.98. The highest BCUT2D eigenvalue weighted by Gasteiger charge is 2.34. The molecule has 1 aromatic carbocycles. The van der Waals surface area contributed by atoms with Crippen molar-refractivity contribution in [1.29, 1.82) is 0 Å². The number of hydrogen-bond acceptors (Lipinski definition) is 4. The molecule has 1 aromatic heterocycles. The van der Waals surface area contributed by atoms with Gasteiger partial charge in [0.25, 0.3) is 5.56 Å². The van der Waals surface area contributed by atoms with Gasteiger partial charge in [-0.15, -0.1) is 0 Å². The van der Waals surface area contributed by atoms with Gasteiger partial charge in [-0.2, -0.15) is 25.9 Å². The summed E-state index contributed by atoms with van der Waals surface area (Å²) in [5.41, 5.74) is -2.18. The van der Waals surface area contributed by atoms with Crippen molar-refractivity contribution in [3.8, 4) is 0 Å². The molecule has 2 rings (SSSR count). The summed E-state index contributed by atoms with van der Waals surface area (Å²) in [5, 5.41) is 2.57. The van der Waals surface area contributed by atoms with E-state index in [4.69, 9.17) is 0 Å². The van der Waals surface area contributed by atoms with Crippen LogP contribution in [0, 0.1) is 3.57 Å². The van der Waals surface area contributed by atoms with E-state index in [0.29, 0.717) is 3.57 Å². The molecule has 0 bridgehead atoms. The van der Waals surface area contributed by atoms with Crippen molar-refractivity contribution in [3.05, 3.63) is 56.0 Å². The highest BCUT2D eigenvalue weighted by Crippen LogP contribution is 2.39. The predicted octanol–water partition coefficient (Wildman–Crippen LogP) is 3.61. The number of aromatic nitrogens is 1. The summed E-state index contributed by atoms with van der Waals surface area (Å²) < 4.78 is 69.6. The van der Waals surface area contributed by atoms with Gasteiger partial charge in [0, 0.05) is 30.9 Å². The molecule has 0 fully saturated rings. The Morgan fingerprint density at radius 3 is 2.38 bits per heavy atom. The highest BCUT2D eigenvalue weighted by atomic mass is 127. The van der Waals surface area contributed by atoms with Gasteiger partial charge < -0.3 is 9.88 Å². The largest absolute Gasteiger partial charge is 0.418 e. The van der Waals surface area contributed by atoms with Crippen LogP contribution in [0.15, 0.2) is 35.8 Å². The Morgan fingerprint density at radius 2 is 1.86 bits per heavy atom. The van der Waals surface area contributed by atoms with E-state index >= 15 is 0 Å². The van der Waals surface area contributed by atoms with Gasteiger partial charge in [0.2, 0.25) is 0 Å². The van der Waals surface area contributed by atoms with E-state index in [2.05, 4.69) is 16.6 Å². The molecule has 2 N–H and O–H groups in total. The van der Waals surface area contributed by atoms with Gasteiger partial charge in [-0.25, -0.2) is 0 Å². The second-order valence-corrected chi connectivity index (χ2v) is 9.28. The fraction of sp³-hybridized carbons (Fsp3) is 0.235. The molecule has 2 aromatic rings. The Bertz CT molecular complexity index is 1110. The van der Waals surface area contributed by atoms with E-state index in [1.54, 1.807) is 22.6 Å². The second-order valence-electron chi connectivity index (χ2n) is 6.15. The monoisotopic (exact) mass is 542 g/mol. The molecule has 0 spiro atoms. The summed E-state index contributed by atoms with van der Waals surface area (Å²) in [6, 6.07) is 3.61. The Balaban J connectivity index is 2.74. The van der Waals surface area contributed by atoms with Gasteiger partial charge in [-0.1, -0.05) is 12.7 Å². The fourth-order valence-electron chi connectivity index (χ4n) is 2.39. The van der Waals surface area contributed by atoms with Crippen molar-refractivity contribution < 1.29 is 21.6 Å². The number of nitrogens with zero attached hydrogens (tertiary/aromatic N) is 2. The topological polar surface area (TPSA) is 83.4 Å². The van der Waals surface area contributed by atoms with Crippen LogP contribution in [0.25, 0.3) is 6.08 Å². The number of hydrogen-bond donors (Lipinski definition) is 2. The minimum atomic E-state index is -4.67. The first-order valence-corrected chi connectivity index (χ1v) is 10.5. The molecule has 12 heteroatoms. The zero-order chi connectivity index (χ0) is 22.1. The molecule has 0 radical (unpaired) electrons. The summed E-state index contributed by atoms with van der Waals surface area (Å²) >= 11 is 1.75. The van der Waals surface area contributed by atoms with E-state index in [-0.39, 0.29) is 22.6 Å². The zero-order valence-corrected chi connectivity index (χ0v) is 18.6. The van der Waals surface area contributed by atoms with Gasteiger partial charge in [-0.3, -0.25) is 9.52 Å². The van der Waals surface area contributed by atoms with Crippen LogP contribution in [0.5, 0.6) is 0 Å². The number of halogens is 4. The Morgan fingerprint density at radius 1 is 1.24 bits per heavy atom. The van der Waals surface area contributed by atoms with Gasteiger partial charge in [0.15, 0.2) is 0 Å². The van der Waals surface area contributed by atoms with Crippen molar-refractivity contribution in [2.24, 2.45) is 7.05 Å². The first kappa shape index (κ1) is 23.2. The normalized spacial score (nSPS) is 12.1. The van der Waals surface area contributed by atoms with E-state index in [1.165, 1.54) is 39.5 Å². The Labute approximate surface area is 179 Å². The van der Waals surface area contributed by atoms with E-state index < -0.39 is 27.5 Å². The fourth-order valence-corrected chi connectivity index (χ4v) is 3.49. The summed E-state index contributed by atoms with van der Waals surface area (Å²) in [6.45, 7) is 3.53. The van der Waals surface area contributed by atoms with Gasteiger partial charge in [0.05, 0.1) is 28.2 Å². The third-order valence-corrected chi connectivity index (χ3v) is 5.99. The minimum absolute atomic E-state index is 0.0851. The average Bonchev–Trinajstić information content (AvgIpc) is 2.59. The number of benzene rings is 1. The Kier molecular flexibility index (Phi) is 6.69. The lowest BCUT2D eigenvalue weighted by atomic mass is 10.1. The highest BCUT2D eigenvalue weighted by molar-refractivity contribution is 14.1. The lowest BCUT2D eigenvalue weighted by Crippen LogP contribution is -2.30. The molecule has 29 heavy (non-hydrogen) atoms. The number of anilines is 3. The van der Waals surface area contributed by atoms with Gasteiger partial charge in [0.1, 0.15) is 0 Å². The molecule has 0 aliphatic carbocycles. The number of pyridine rings is 1. The number of nitrogens with one attached hydrogen (secondary N) is 2. The smallest absolute Gasteiger partial charge is 0.353 e. The van der Waals surface area contributed by atoms with Gasteiger partial charge in [-0.05, 0) is 40.8 Å². The van der Waals surface area contributed by atoms with Crippen molar-refractivity contribution >= 4 is 55.9 Å². The third kappa shape index (κ3) is 5.11. The molecule has 0 aliphatic rings. The average molecular weight is 542 g/mol. The molecular weight excluding hydrogens is 524 g/mol. The first-order chi connectivity index (χ1) is 13.3. The van der Waals surface area contributed by atoms with Gasteiger partial charge >= 0.3 is 16.4 Å². The van der Waals surface area contributed by atoms with Crippen LogP contribution in [0.1, 0.15) is 11.1 Å². The van der Waals surface area contributed by atoms with Crippen LogP contribution in [0.4, 0.5) is 30.2 Å². The maximum Gasteiger partial charge on any atom is 0.418 e. The predicted molar refractivity (Wildman–Crippen MR) is 115 cm³/mol. The number of alkyl halides is 3. The Hall–Kier alpha value is -2.06. The zero-order valence-electron chi connectivity index (χ0n) is 15.6. The standard InChI is InChI=1S/C17H18F3IN4O3S/c1-5-11-15(22-13-7-6-10(21)8-12(13)17(18,19)20)14(9-25(4)16(11)26)23-29(27,28)24(2)3/h5-9,22-23H,1H2,2-4H3. The molecule has 158 valence electrons. The summed E-state index contributed by atoms with van der Waals surface area (Å²) in [5.74, 6) is 0. The lowest BCUT2D eigenvalue weighted by Gasteiger charge is -2.21. The second kappa shape index (κ2) is 8.36. The molecule has 7 nitrogen and oxygen atoms in total.